The van der Waals surface area contributed by atoms with Crippen molar-refractivity contribution in [1.29, 1.82) is 0 Å². The van der Waals surface area contributed by atoms with Crippen LogP contribution in [0.2, 0.25) is 0 Å². The zero-order chi connectivity index (χ0) is 25.5. The first-order valence-corrected chi connectivity index (χ1v) is 11.7. The molecule has 1 N–H and O–H groups in total. The minimum absolute atomic E-state index is 0.0752. The second-order valence-corrected chi connectivity index (χ2v) is 8.27. The summed E-state index contributed by atoms with van der Waals surface area (Å²) in [6.45, 7) is 6.45. The van der Waals surface area contributed by atoms with Crippen molar-refractivity contribution in [3.05, 3.63) is 51.4 Å². The molecule has 0 aliphatic carbocycles. The third-order valence-electron chi connectivity index (χ3n) is 6.24. The van der Waals surface area contributed by atoms with E-state index in [9.17, 15) is 14.7 Å². The number of methoxy groups -OCH3 is 3. The number of aromatic hydroxyl groups is 1. The molecule has 1 amide bonds. The Balaban J connectivity index is 2.09. The smallest absolute Gasteiger partial charge is 0.409 e. The fourth-order valence-electron chi connectivity index (χ4n) is 4.45. The summed E-state index contributed by atoms with van der Waals surface area (Å²) >= 11 is 0. The van der Waals surface area contributed by atoms with Crippen molar-refractivity contribution < 1.29 is 28.8 Å². The molecule has 35 heavy (non-hydrogen) atoms. The van der Waals surface area contributed by atoms with Gasteiger partial charge in [-0.2, -0.15) is 0 Å². The maximum absolute atomic E-state index is 13.7. The standard InChI is InChI=1S/C25H35N3O7/c1-6-35-25(31)27-11-9-26(10-12-27)23(18-7-8-20(33-4)21(16-18)34-5)22-19(29)15-17(2)28(24(22)30)13-14-32-3/h7-8,15-16,23,29H,6,9-14H2,1-5H3. The number of hydrogen-bond acceptors (Lipinski definition) is 8. The number of rotatable bonds is 9. The van der Waals surface area contributed by atoms with Gasteiger partial charge in [-0.05, 0) is 37.6 Å². The van der Waals surface area contributed by atoms with Crippen LogP contribution in [0.1, 0.15) is 29.8 Å². The molecule has 10 nitrogen and oxygen atoms in total. The van der Waals surface area contributed by atoms with Crippen LogP contribution >= 0.6 is 0 Å². The Kier molecular flexibility index (Phi) is 9.00. The van der Waals surface area contributed by atoms with E-state index in [1.807, 2.05) is 12.1 Å². The number of aryl methyl sites for hydroxylation is 1. The Morgan fingerprint density at radius 1 is 1.06 bits per heavy atom. The molecule has 1 aliphatic rings. The van der Waals surface area contributed by atoms with Gasteiger partial charge in [-0.25, -0.2) is 4.79 Å². The number of hydrogen-bond donors (Lipinski definition) is 1. The molecule has 1 atom stereocenters. The lowest BCUT2D eigenvalue weighted by molar-refractivity contribution is 0.0708. The molecule has 1 fully saturated rings. The summed E-state index contributed by atoms with van der Waals surface area (Å²) in [6, 6.07) is 6.50. The monoisotopic (exact) mass is 489 g/mol. The van der Waals surface area contributed by atoms with Crippen LogP contribution in [0.25, 0.3) is 0 Å². The van der Waals surface area contributed by atoms with Crippen LogP contribution in [0, 0.1) is 6.92 Å². The molecule has 3 rings (SSSR count). The number of ether oxygens (including phenoxy) is 4. The van der Waals surface area contributed by atoms with E-state index >= 15 is 0 Å². The van der Waals surface area contributed by atoms with Crippen molar-refractivity contribution in [2.45, 2.75) is 26.4 Å². The molecular weight excluding hydrogens is 454 g/mol. The Morgan fingerprint density at radius 3 is 2.34 bits per heavy atom. The van der Waals surface area contributed by atoms with E-state index in [-0.39, 0.29) is 23.0 Å². The Bertz CT molecular complexity index is 1080. The zero-order valence-corrected chi connectivity index (χ0v) is 21.1. The molecule has 1 saturated heterocycles. The lowest BCUT2D eigenvalue weighted by atomic mass is 9.95. The van der Waals surface area contributed by atoms with E-state index < -0.39 is 6.04 Å². The number of nitrogens with zero attached hydrogens (tertiary/aromatic N) is 3. The van der Waals surface area contributed by atoms with Gasteiger partial charge in [0.25, 0.3) is 5.56 Å². The van der Waals surface area contributed by atoms with Gasteiger partial charge >= 0.3 is 6.09 Å². The molecule has 0 radical (unpaired) electrons. The largest absolute Gasteiger partial charge is 0.507 e. The third-order valence-corrected chi connectivity index (χ3v) is 6.24. The lowest BCUT2D eigenvalue weighted by Crippen LogP contribution is -2.50. The minimum Gasteiger partial charge on any atom is -0.507 e. The van der Waals surface area contributed by atoms with Gasteiger partial charge in [0.2, 0.25) is 0 Å². The van der Waals surface area contributed by atoms with E-state index in [1.165, 1.54) is 0 Å². The molecule has 192 valence electrons. The number of benzene rings is 1. The molecule has 1 unspecified atom stereocenters. The van der Waals surface area contributed by atoms with Crippen LogP contribution in [0.5, 0.6) is 17.2 Å². The predicted octanol–water partition coefficient (Wildman–Crippen LogP) is 2.39. The summed E-state index contributed by atoms with van der Waals surface area (Å²) in [5.74, 6) is 1.01. The maximum Gasteiger partial charge on any atom is 0.409 e. The number of aromatic nitrogens is 1. The Morgan fingerprint density at radius 2 is 1.74 bits per heavy atom. The number of pyridine rings is 1. The Labute approximate surface area is 205 Å². The van der Waals surface area contributed by atoms with Gasteiger partial charge in [-0.1, -0.05) is 6.07 Å². The molecular formula is C25H35N3O7. The van der Waals surface area contributed by atoms with Crippen molar-refractivity contribution in [3.63, 3.8) is 0 Å². The minimum atomic E-state index is -0.568. The normalized spacial score (nSPS) is 15.1. The van der Waals surface area contributed by atoms with E-state index in [0.29, 0.717) is 63.1 Å². The Hall–Kier alpha value is -3.24. The van der Waals surface area contributed by atoms with Gasteiger partial charge in [0.15, 0.2) is 11.5 Å². The average molecular weight is 490 g/mol. The first kappa shape index (κ1) is 26.4. The molecule has 0 bridgehead atoms. The quantitative estimate of drug-likeness (QED) is 0.573. The van der Waals surface area contributed by atoms with Crippen molar-refractivity contribution >= 4 is 6.09 Å². The first-order chi connectivity index (χ1) is 16.9. The molecule has 1 aliphatic heterocycles. The third kappa shape index (κ3) is 5.71. The van der Waals surface area contributed by atoms with E-state index in [1.54, 1.807) is 56.8 Å². The van der Waals surface area contributed by atoms with Crippen molar-refractivity contribution in [2.75, 3.05) is 60.7 Å². The van der Waals surface area contributed by atoms with Gasteiger partial charge in [0.1, 0.15) is 5.75 Å². The number of piperazine rings is 1. The average Bonchev–Trinajstić information content (AvgIpc) is 2.86. The summed E-state index contributed by atoms with van der Waals surface area (Å²) in [5.41, 5.74) is 1.39. The van der Waals surface area contributed by atoms with Crippen LogP contribution in [0.4, 0.5) is 4.79 Å². The number of carbonyl (C=O) groups is 1. The second-order valence-electron chi connectivity index (χ2n) is 8.27. The molecule has 10 heteroatoms. The highest BCUT2D eigenvalue weighted by Crippen LogP contribution is 2.37. The highest BCUT2D eigenvalue weighted by molar-refractivity contribution is 5.67. The van der Waals surface area contributed by atoms with Crippen LogP contribution < -0.4 is 15.0 Å². The van der Waals surface area contributed by atoms with Gasteiger partial charge in [-0.3, -0.25) is 9.69 Å². The van der Waals surface area contributed by atoms with Gasteiger partial charge in [0, 0.05) is 45.5 Å². The van der Waals surface area contributed by atoms with Crippen LogP contribution in [0.15, 0.2) is 29.1 Å². The molecule has 1 aromatic heterocycles. The SMILES string of the molecule is CCOC(=O)N1CCN(C(c2ccc(OC)c(OC)c2)c2c(O)cc(C)n(CCOC)c2=O)CC1. The highest BCUT2D eigenvalue weighted by Gasteiger charge is 2.33. The maximum atomic E-state index is 13.7. The molecule has 0 saturated carbocycles. The van der Waals surface area contributed by atoms with Crippen LogP contribution in [0.3, 0.4) is 0 Å². The fourth-order valence-corrected chi connectivity index (χ4v) is 4.45. The molecule has 2 aromatic rings. The highest BCUT2D eigenvalue weighted by atomic mass is 16.6. The zero-order valence-electron chi connectivity index (χ0n) is 21.1. The predicted molar refractivity (Wildman–Crippen MR) is 131 cm³/mol. The van der Waals surface area contributed by atoms with E-state index in [2.05, 4.69) is 4.90 Å². The van der Waals surface area contributed by atoms with Crippen LogP contribution in [-0.2, 0) is 16.0 Å². The summed E-state index contributed by atoms with van der Waals surface area (Å²) in [6.07, 6.45) is -0.352. The van der Waals surface area contributed by atoms with Gasteiger partial charge in [-0.15, -0.1) is 0 Å². The molecule has 1 aromatic carbocycles. The first-order valence-electron chi connectivity index (χ1n) is 11.7. The van der Waals surface area contributed by atoms with Crippen molar-refractivity contribution in [1.82, 2.24) is 14.4 Å². The van der Waals surface area contributed by atoms with Crippen molar-refractivity contribution in [3.8, 4) is 17.2 Å². The summed E-state index contributed by atoms with van der Waals surface area (Å²) < 4.78 is 22.8. The van der Waals surface area contributed by atoms with E-state index in [0.717, 1.165) is 5.56 Å². The second kappa shape index (κ2) is 11.9. The van der Waals surface area contributed by atoms with E-state index in [4.69, 9.17) is 18.9 Å². The molecule has 0 spiro atoms. The molecule has 2 heterocycles. The summed E-state index contributed by atoms with van der Waals surface area (Å²) in [5, 5.41) is 11.0. The van der Waals surface area contributed by atoms with Gasteiger partial charge < -0.3 is 33.5 Å². The van der Waals surface area contributed by atoms with Crippen LogP contribution in [-0.4, -0.2) is 86.3 Å². The topological polar surface area (TPSA) is 103 Å². The number of amides is 1. The summed E-state index contributed by atoms with van der Waals surface area (Å²) in [4.78, 5) is 29.6. The van der Waals surface area contributed by atoms with Gasteiger partial charge in [0.05, 0.1) is 39.0 Å². The van der Waals surface area contributed by atoms with Crippen molar-refractivity contribution in [2.24, 2.45) is 0 Å². The summed E-state index contributed by atoms with van der Waals surface area (Å²) in [7, 11) is 4.69. The lowest BCUT2D eigenvalue weighted by Gasteiger charge is -2.39. The fraction of sp³-hybridized carbons (Fsp3) is 0.520. The number of carbonyl (C=O) groups excluding carboxylic acids is 1.